The predicted octanol–water partition coefficient (Wildman–Crippen LogP) is 0.880. The van der Waals surface area contributed by atoms with Crippen molar-refractivity contribution in [3.05, 3.63) is 36.0 Å². The Hall–Kier alpha value is -1.99. The monoisotopic (exact) mass is 291 g/mol. The number of nitrogens with zero attached hydrogens (tertiary/aromatic N) is 4. The van der Waals surface area contributed by atoms with Gasteiger partial charge in [0.2, 0.25) is 5.89 Å². The summed E-state index contributed by atoms with van der Waals surface area (Å²) in [6.07, 6.45) is 4.50. The molecule has 0 bridgehead atoms. The van der Waals surface area contributed by atoms with Crippen molar-refractivity contribution in [3.63, 3.8) is 0 Å². The van der Waals surface area contributed by atoms with Crippen molar-refractivity contribution in [2.24, 2.45) is 0 Å². The maximum Gasteiger partial charge on any atom is 0.317 e. The summed E-state index contributed by atoms with van der Waals surface area (Å²) >= 11 is 0. The zero-order valence-electron chi connectivity index (χ0n) is 12.5. The first-order chi connectivity index (χ1) is 10.3. The summed E-state index contributed by atoms with van der Waals surface area (Å²) in [6.45, 7) is 2.77. The van der Waals surface area contributed by atoms with E-state index in [0.29, 0.717) is 25.1 Å². The minimum absolute atomic E-state index is 0.535. The highest BCUT2D eigenvalue weighted by Crippen LogP contribution is 2.11. The highest BCUT2D eigenvalue weighted by Gasteiger charge is 2.10. The van der Waals surface area contributed by atoms with Crippen molar-refractivity contribution in [1.82, 2.24) is 20.5 Å². The molecule has 0 aliphatic rings. The van der Waals surface area contributed by atoms with Gasteiger partial charge in [0.05, 0.1) is 13.2 Å². The molecule has 2 aromatic rings. The van der Waals surface area contributed by atoms with E-state index in [1.807, 2.05) is 24.1 Å². The summed E-state index contributed by atoms with van der Waals surface area (Å²) < 4.78 is 10.6. The Labute approximate surface area is 124 Å². The molecule has 7 heteroatoms. The molecule has 1 N–H and O–H groups in total. The number of anilines is 1. The van der Waals surface area contributed by atoms with Crippen LogP contribution in [0.5, 0.6) is 0 Å². The molecule has 114 valence electrons. The lowest BCUT2D eigenvalue weighted by molar-refractivity contribution is 0.198. The van der Waals surface area contributed by atoms with Gasteiger partial charge in [-0.1, -0.05) is 5.10 Å². The number of rotatable bonds is 9. The van der Waals surface area contributed by atoms with E-state index in [0.717, 1.165) is 19.5 Å². The molecule has 0 saturated heterocycles. The van der Waals surface area contributed by atoms with Crippen molar-refractivity contribution in [2.45, 2.75) is 13.0 Å². The first-order valence-corrected chi connectivity index (χ1v) is 6.91. The van der Waals surface area contributed by atoms with E-state index in [-0.39, 0.29) is 0 Å². The van der Waals surface area contributed by atoms with Crippen LogP contribution in [0.4, 0.5) is 6.01 Å². The van der Waals surface area contributed by atoms with E-state index in [1.165, 1.54) is 5.56 Å². The average molecular weight is 291 g/mol. The van der Waals surface area contributed by atoms with Crippen LogP contribution in [0.3, 0.4) is 0 Å². The highest BCUT2D eigenvalue weighted by molar-refractivity contribution is 5.23. The van der Waals surface area contributed by atoms with Crippen LogP contribution in [0, 0.1) is 0 Å². The molecule has 0 saturated carbocycles. The lowest BCUT2D eigenvalue weighted by Gasteiger charge is -2.13. The van der Waals surface area contributed by atoms with Gasteiger partial charge in [-0.2, -0.15) is 0 Å². The van der Waals surface area contributed by atoms with Crippen molar-refractivity contribution in [2.75, 3.05) is 38.8 Å². The van der Waals surface area contributed by atoms with Gasteiger partial charge >= 0.3 is 6.01 Å². The summed E-state index contributed by atoms with van der Waals surface area (Å²) in [5.41, 5.74) is 1.23. The van der Waals surface area contributed by atoms with Crippen LogP contribution in [-0.4, -0.2) is 49.0 Å². The molecule has 21 heavy (non-hydrogen) atoms. The van der Waals surface area contributed by atoms with Gasteiger partial charge in [0, 0.05) is 39.6 Å². The number of hydrogen-bond donors (Lipinski definition) is 1. The van der Waals surface area contributed by atoms with Gasteiger partial charge in [-0.05, 0) is 24.1 Å². The Morgan fingerprint density at radius 2 is 2.10 bits per heavy atom. The number of nitrogens with one attached hydrogen (secondary N) is 1. The SMILES string of the molecule is COCCNCc1nnc(N(C)CCc2ccncc2)o1. The van der Waals surface area contributed by atoms with Crippen molar-refractivity contribution in [3.8, 4) is 0 Å². The molecular formula is C14H21N5O2. The van der Waals surface area contributed by atoms with Crippen LogP contribution in [-0.2, 0) is 17.7 Å². The summed E-state index contributed by atoms with van der Waals surface area (Å²) in [5.74, 6) is 0.580. The predicted molar refractivity (Wildman–Crippen MR) is 79.1 cm³/mol. The van der Waals surface area contributed by atoms with E-state index in [2.05, 4.69) is 20.5 Å². The van der Waals surface area contributed by atoms with Gasteiger partial charge < -0.3 is 19.4 Å². The van der Waals surface area contributed by atoms with Crippen LogP contribution in [0.2, 0.25) is 0 Å². The van der Waals surface area contributed by atoms with Gasteiger partial charge in [0.1, 0.15) is 0 Å². The van der Waals surface area contributed by atoms with Gasteiger partial charge in [-0.15, -0.1) is 5.10 Å². The smallest absolute Gasteiger partial charge is 0.317 e. The largest absolute Gasteiger partial charge is 0.407 e. The molecule has 0 aliphatic heterocycles. The molecule has 0 spiro atoms. The van der Waals surface area contributed by atoms with Gasteiger partial charge in [-0.25, -0.2) is 0 Å². The zero-order chi connectivity index (χ0) is 14.9. The normalized spacial score (nSPS) is 10.8. The second-order valence-electron chi connectivity index (χ2n) is 4.67. The lowest BCUT2D eigenvalue weighted by Crippen LogP contribution is -2.20. The van der Waals surface area contributed by atoms with Crippen LogP contribution < -0.4 is 10.2 Å². The third kappa shape index (κ3) is 5.13. The summed E-state index contributed by atoms with van der Waals surface area (Å²) in [4.78, 5) is 5.96. The Morgan fingerprint density at radius 1 is 1.29 bits per heavy atom. The number of aromatic nitrogens is 3. The van der Waals surface area contributed by atoms with Crippen LogP contribution in [0.25, 0.3) is 0 Å². The number of ether oxygens (including phenoxy) is 1. The highest BCUT2D eigenvalue weighted by atomic mass is 16.5. The van der Waals surface area contributed by atoms with E-state index in [4.69, 9.17) is 9.15 Å². The molecule has 0 aromatic carbocycles. The van der Waals surface area contributed by atoms with Gasteiger partial charge in [0.15, 0.2) is 0 Å². The standard InChI is InChI=1S/C14H21N5O2/c1-19(9-5-12-3-6-15-7-4-12)14-18-17-13(21-14)11-16-8-10-20-2/h3-4,6-7,16H,5,8-11H2,1-2H3. The number of likely N-dealkylation sites (N-methyl/N-ethyl adjacent to an activating group) is 1. The molecule has 0 fully saturated rings. The Bertz CT molecular complexity index is 517. The molecule has 0 radical (unpaired) electrons. The third-order valence-corrected chi connectivity index (χ3v) is 3.03. The topological polar surface area (TPSA) is 76.3 Å². The summed E-state index contributed by atoms with van der Waals surface area (Å²) in [5, 5.41) is 11.2. The molecule has 0 unspecified atom stereocenters. The van der Waals surface area contributed by atoms with E-state index in [1.54, 1.807) is 19.5 Å². The third-order valence-electron chi connectivity index (χ3n) is 3.03. The Kier molecular flexibility index (Phi) is 6.11. The molecule has 0 aliphatic carbocycles. The van der Waals surface area contributed by atoms with E-state index >= 15 is 0 Å². The van der Waals surface area contributed by atoms with Gasteiger partial charge in [-0.3, -0.25) is 4.98 Å². The van der Waals surface area contributed by atoms with Gasteiger partial charge in [0.25, 0.3) is 0 Å². The molecule has 0 atom stereocenters. The molecule has 7 nitrogen and oxygen atoms in total. The van der Waals surface area contributed by atoms with E-state index in [9.17, 15) is 0 Å². The molecule has 2 rings (SSSR count). The van der Waals surface area contributed by atoms with E-state index < -0.39 is 0 Å². The van der Waals surface area contributed by atoms with Crippen molar-refractivity contribution < 1.29 is 9.15 Å². The fourth-order valence-electron chi connectivity index (χ4n) is 1.78. The Balaban J connectivity index is 1.77. The fourth-order valence-corrected chi connectivity index (χ4v) is 1.78. The summed E-state index contributed by atoms with van der Waals surface area (Å²) in [7, 11) is 3.61. The maximum absolute atomic E-state index is 5.60. The average Bonchev–Trinajstić information content (AvgIpc) is 2.99. The first-order valence-electron chi connectivity index (χ1n) is 6.91. The molecule has 0 amide bonds. The lowest BCUT2D eigenvalue weighted by atomic mass is 10.2. The number of pyridine rings is 1. The first kappa shape index (κ1) is 15.4. The zero-order valence-corrected chi connectivity index (χ0v) is 12.5. The fraction of sp³-hybridized carbons (Fsp3) is 0.500. The second-order valence-corrected chi connectivity index (χ2v) is 4.67. The minimum Gasteiger partial charge on any atom is -0.407 e. The quantitative estimate of drug-likeness (QED) is 0.687. The Morgan fingerprint density at radius 3 is 2.86 bits per heavy atom. The number of hydrogen-bond acceptors (Lipinski definition) is 7. The van der Waals surface area contributed by atoms with Crippen LogP contribution in [0.15, 0.2) is 28.9 Å². The van der Waals surface area contributed by atoms with Crippen LogP contribution >= 0.6 is 0 Å². The minimum atomic E-state index is 0.535. The maximum atomic E-state index is 5.60. The molecule has 2 aromatic heterocycles. The van der Waals surface area contributed by atoms with Crippen LogP contribution in [0.1, 0.15) is 11.5 Å². The molecule has 2 heterocycles. The summed E-state index contributed by atoms with van der Waals surface area (Å²) in [6, 6.07) is 4.55. The van der Waals surface area contributed by atoms with Crippen molar-refractivity contribution in [1.29, 1.82) is 0 Å². The molecular weight excluding hydrogens is 270 g/mol. The van der Waals surface area contributed by atoms with Crippen molar-refractivity contribution >= 4 is 6.01 Å². The number of methoxy groups -OCH3 is 1. The second kappa shape index (κ2) is 8.33.